The van der Waals surface area contributed by atoms with Crippen molar-refractivity contribution in [1.82, 2.24) is 4.98 Å². The van der Waals surface area contributed by atoms with E-state index < -0.39 is 0 Å². The molecule has 2 nitrogen and oxygen atoms in total. The maximum Gasteiger partial charge on any atom is 0.178 e. The van der Waals surface area contributed by atoms with Gasteiger partial charge in [0, 0.05) is 12.6 Å². The third-order valence-corrected chi connectivity index (χ3v) is 3.94. The van der Waals surface area contributed by atoms with Crippen molar-refractivity contribution >= 4 is 40.3 Å². The SMILES string of the molecule is Cc1ncc(C(=O)Cc2ccc(Cl)c(Cl)c2)s1. The van der Waals surface area contributed by atoms with E-state index in [1.165, 1.54) is 11.3 Å². The van der Waals surface area contributed by atoms with Crippen LogP contribution in [0.4, 0.5) is 0 Å². The number of ketones is 1. The van der Waals surface area contributed by atoms with Gasteiger partial charge in [0.2, 0.25) is 0 Å². The minimum atomic E-state index is 0.0500. The number of nitrogens with zero attached hydrogens (tertiary/aromatic N) is 1. The number of rotatable bonds is 3. The Morgan fingerprint density at radius 1 is 1.35 bits per heavy atom. The molecule has 0 amide bonds. The summed E-state index contributed by atoms with van der Waals surface area (Å²) in [7, 11) is 0. The van der Waals surface area contributed by atoms with E-state index in [0.29, 0.717) is 21.3 Å². The zero-order chi connectivity index (χ0) is 12.4. The Morgan fingerprint density at radius 2 is 2.12 bits per heavy atom. The number of carbonyl (C=O) groups excluding carboxylic acids is 1. The summed E-state index contributed by atoms with van der Waals surface area (Å²) in [4.78, 5) is 16.7. The van der Waals surface area contributed by atoms with Crippen LogP contribution in [0.5, 0.6) is 0 Å². The van der Waals surface area contributed by atoms with Crippen molar-refractivity contribution in [2.24, 2.45) is 0 Å². The Morgan fingerprint density at radius 3 is 2.71 bits per heavy atom. The van der Waals surface area contributed by atoms with E-state index in [1.807, 2.05) is 6.92 Å². The van der Waals surface area contributed by atoms with Gasteiger partial charge in [0.05, 0.1) is 19.9 Å². The summed E-state index contributed by atoms with van der Waals surface area (Å²) in [5, 5.41) is 1.86. The summed E-state index contributed by atoms with van der Waals surface area (Å²) in [6.07, 6.45) is 1.93. The summed E-state index contributed by atoms with van der Waals surface area (Å²) in [6.45, 7) is 1.88. The summed E-state index contributed by atoms with van der Waals surface area (Å²) in [5.41, 5.74) is 0.857. The molecule has 0 fully saturated rings. The lowest BCUT2D eigenvalue weighted by molar-refractivity contribution is 0.0996. The van der Waals surface area contributed by atoms with Crippen molar-refractivity contribution in [2.45, 2.75) is 13.3 Å². The van der Waals surface area contributed by atoms with Gasteiger partial charge >= 0.3 is 0 Å². The largest absolute Gasteiger partial charge is 0.293 e. The Hall–Kier alpha value is -0.900. The molecule has 88 valence electrons. The molecular weight excluding hydrogens is 277 g/mol. The van der Waals surface area contributed by atoms with Crippen molar-refractivity contribution in [3.05, 3.63) is 49.9 Å². The number of halogens is 2. The van der Waals surface area contributed by atoms with Crippen LogP contribution in [0.1, 0.15) is 20.2 Å². The number of aryl methyl sites for hydroxylation is 1. The van der Waals surface area contributed by atoms with Gasteiger partial charge in [0.1, 0.15) is 0 Å². The quantitative estimate of drug-likeness (QED) is 0.792. The van der Waals surface area contributed by atoms with Crippen molar-refractivity contribution < 1.29 is 4.79 Å². The van der Waals surface area contributed by atoms with E-state index in [-0.39, 0.29) is 5.78 Å². The van der Waals surface area contributed by atoms with E-state index in [1.54, 1.807) is 24.4 Å². The molecular formula is C12H9Cl2NOS. The molecule has 0 aliphatic rings. The Kier molecular flexibility index (Phi) is 3.82. The third kappa shape index (κ3) is 3.06. The highest BCUT2D eigenvalue weighted by Crippen LogP contribution is 2.23. The minimum absolute atomic E-state index is 0.0500. The van der Waals surface area contributed by atoms with Crippen LogP contribution in [0.3, 0.4) is 0 Å². The second-order valence-electron chi connectivity index (χ2n) is 3.59. The Balaban J connectivity index is 2.15. The lowest BCUT2D eigenvalue weighted by Gasteiger charge is -2.01. The molecule has 0 bridgehead atoms. The zero-order valence-electron chi connectivity index (χ0n) is 9.04. The molecule has 0 spiro atoms. The van der Waals surface area contributed by atoms with Crippen molar-refractivity contribution in [2.75, 3.05) is 0 Å². The van der Waals surface area contributed by atoms with Crippen LogP contribution < -0.4 is 0 Å². The number of Topliss-reactive ketones (excluding diaryl/α,β-unsaturated/α-hetero) is 1. The maximum absolute atomic E-state index is 11.9. The zero-order valence-corrected chi connectivity index (χ0v) is 11.4. The van der Waals surface area contributed by atoms with Gasteiger partial charge in [0.15, 0.2) is 5.78 Å². The van der Waals surface area contributed by atoms with E-state index in [4.69, 9.17) is 23.2 Å². The second-order valence-corrected chi connectivity index (χ2v) is 5.64. The average Bonchev–Trinajstić information content (AvgIpc) is 2.70. The molecule has 0 radical (unpaired) electrons. The van der Waals surface area contributed by atoms with Gasteiger partial charge in [-0.25, -0.2) is 4.98 Å². The fraction of sp³-hybridized carbons (Fsp3) is 0.167. The topological polar surface area (TPSA) is 30.0 Å². The van der Waals surface area contributed by atoms with Crippen molar-refractivity contribution in [1.29, 1.82) is 0 Å². The summed E-state index contributed by atoms with van der Waals surface area (Å²) in [6, 6.07) is 5.22. The molecule has 2 rings (SSSR count). The van der Waals surface area contributed by atoms with Gasteiger partial charge in [-0.15, -0.1) is 11.3 Å². The normalized spacial score (nSPS) is 10.5. The van der Waals surface area contributed by atoms with Crippen LogP contribution in [0.2, 0.25) is 10.0 Å². The minimum Gasteiger partial charge on any atom is -0.293 e. The Bertz CT molecular complexity index is 565. The average molecular weight is 286 g/mol. The van der Waals surface area contributed by atoms with Crippen molar-refractivity contribution in [3.8, 4) is 0 Å². The summed E-state index contributed by atoms with van der Waals surface area (Å²) >= 11 is 13.1. The lowest BCUT2D eigenvalue weighted by atomic mass is 10.1. The number of aromatic nitrogens is 1. The number of thiazole rings is 1. The van der Waals surface area contributed by atoms with Crippen LogP contribution in [-0.4, -0.2) is 10.8 Å². The Labute approximate surface area is 113 Å². The van der Waals surface area contributed by atoms with Gasteiger partial charge < -0.3 is 0 Å². The maximum atomic E-state index is 11.9. The van der Waals surface area contributed by atoms with Crippen LogP contribution in [-0.2, 0) is 6.42 Å². The predicted octanol–water partition coefficient (Wildman–Crippen LogP) is 4.18. The predicted molar refractivity (Wildman–Crippen MR) is 71.3 cm³/mol. The standard InChI is InChI=1S/C12H9Cl2NOS/c1-7-15-6-12(17-7)11(16)5-8-2-3-9(13)10(14)4-8/h2-4,6H,5H2,1H3. The van der Waals surface area contributed by atoms with Gasteiger partial charge in [-0.3, -0.25) is 4.79 Å². The first-order valence-corrected chi connectivity index (χ1v) is 6.53. The van der Waals surface area contributed by atoms with Gasteiger partial charge in [-0.1, -0.05) is 29.3 Å². The highest BCUT2D eigenvalue weighted by molar-refractivity contribution is 7.13. The molecule has 5 heteroatoms. The van der Waals surface area contributed by atoms with E-state index in [2.05, 4.69) is 4.98 Å². The molecule has 0 saturated heterocycles. The summed E-state index contributed by atoms with van der Waals surface area (Å²) in [5.74, 6) is 0.0500. The molecule has 2 aromatic rings. The first-order valence-electron chi connectivity index (χ1n) is 4.96. The molecule has 0 N–H and O–H groups in total. The van der Waals surface area contributed by atoms with Crippen LogP contribution >= 0.6 is 34.5 Å². The molecule has 0 aliphatic heterocycles. The van der Waals surface area contributed by atoms with Crippen LogP contribution in [0, 0.1) is 6.92 Å². The first kappa shape index (κ1) is 12.6. The fourth-order valence-corrected chi connectivity index (χ4v) is 2.45. The summed E-state index contributed by atoms with van der Waals surface area (Å²) < 4.78 is 0. The lowest BCUT2D eigenvalue weighted by Crippen LogP contribution is -2.01. The first-order chi connectivity index (χ1) is 8.06. The number of carbonyl (C=O) groups is 1. The molecule has 1 heterocycles. The molecule has 0 saturated carbocycles. The monoisotopic (exact) mass is 285 g/mol. The molecule has 17 heavy (non-hydrogen) atoms. The highest BCUT2D eigenvalue weighted by Gasteiger charge is 2.10. The number of hydrogen-bond donors (Lipinski definition) is 0. The van der Waals surface area contributed by atoms with Gasteiger partial charge in [-0.05, 0) is 24.6 Å². The smallest absolute Gasteiger partial charge is 0.178 e. The number of benzene rings is 1. The van der Waals surface area contributed by atoms with Gasteiger partial charge in [-0.2, -0.15) is 0 Å². The highest BCUT2D eigenvalue weighted by atomic mass is 35.5. The van der Waals surface area contributed by atoms with E-state index in [9.17, 15) is 4.79 Å². The molecule has 0 aliphatic carbocycles. The molecule has 1 aromatic carbocycles. The third-order valence-electron chi connectivity index (χ3n) is 2.24. The molecule has 0 unspecified atom stereocenters. The van der Waals surface area contributed by atoms with Gasteiger partial charge in [0.25, 0.3) is 0 Å². The molecule has 1 aromatic heterocycles. The van der Waals surface area contributed by atoms with Crippen LogP contribution in [0.25, 0.3) is 0 Å². The number of hydrogen-bond acceptors (Lipinski definition) is 3. The van der Waals surface area contributed by atoms with Crippen LogP contribution in [0.15, 0.2) is 24.4 Å². The second kappa shape index (κ2) is 5.17. The van der Waals surface area contributed by atoms with E-state index in [0.717, 1.165) is 10.6 Å². The van der Waals surface area contributed by atoms with Crippen molar-refractivity contribution in [3.63, 3.8) is 0 Å². The molecule has 0 atom stereocenters. The van der Waals surface area contributed by atoms with E-state index >= 15 is 0 Å². The fourth-order valence-electron chi connectivity index (χ4n) is 1.41.